The third-order valence-electron chi connectivity index (χ3n) is 1.75. The first-order valence-electron chi connectivity index (χ1n) is 4.26. The third-order valence-corrected chi connectivity index (χ3v) is 2.07. The lowest BCUT2D eigenvalue weighted by Crippen LogP contribution is -1.95. The van der Waals surface area contributed by atoms with Crippen LogP contribution in [-0.2, 0) is 0 Å². The Bertz CT molecular complexity index is 350. The lowest BCUT2D eigenvalue weighted by atomic mass is 10.1. The highest BCUT2D eigenvalue weighted by Crippen LogP contribution is 2.23. The molecular formula is C10H12ClFN2. The molecule has 76 valence electrons. The van der Waals surface area contributed by atoms with Gasteiger partial charge in [-0.1, -0.05) is 23.8 Å². The molecule has 1 aromatic rings. The molecule has 0 unspecified atom stereocenters. The number of halogens is 2. The number of rotatable bonds is 3. The van der Waals surface area contributed by atoms with Crippen molar-refractivity contribution in [3.8, 4) is 0 Å². The van der Waals surface area contributed by atoms with Gasteiger partial charge in [0, 0.05) is 0 Å². The van der Waals surface area contributed by atoms with Gasteiger partial charge in [0.2, 0.25) is 0 Å². The maximum absolute atomic E-state index is 13.0. The van der Waals surface area contributed by atoms with Crippen LogP contribution >= 0.6 is 11.6 Å². The second-order valence-electron chi connectivity index (χ2n) is 2.87. The Balaban J connectivity index is 2.92. The van der Waals surface area contributed by atoms with E-state index in [0.717, 1.165) is 6.42 Å². The standard InChI is InChI=1S/C10H12ClFN2/c11-8-6-10(14)9(12)5-7(8)3-1-2-4-13/h1,3,5-6H,2,4,13-14H2. The van der Waals surface area contributed by atoms with Crippen molar-refractivity contribution in [3.05, 3.63) is 34.6 Å². The van der Waals surface area contributed by atoms with Crippen LogP contribution in [0, 0.1) is 5.82 Å². The van der Waals surface area contributed by atoms with Gasteiger partial charge in [0.05, 0.1) is 10.7 Å². The molecule has 0 aliphatic carbocycles. The summed E-state index contributed by atoms with van der Waals surface area (Å²) in [5.74, 6) is -0.457. The Morgan fingerprint density at radius 2 is 2.14 bits per heavy atom. The minimum absolute atomic E-state index is 0.0611. The first-order chi connectivity index (χ1) is 6.65. The predicted molar refractivity (Wildman–Crippen MR) is 58.5 cm³/mol. The summed E-state index contributed by atoms with van der Waals surface area (Å²) in [4.78, 5) is 0. The summed E-state index contributed by atoms with van der Waals surface area (Å²) in [7, 11) is 0. The highest BCUT2D eigenvalue weighted by atomic mass is 35.5. The van der Waals surface area contributed by atoms with E-state index < -0.39 is 5.82 Å². The molecule has 1 rings (SSSR count). The van der Waals surface area contributed by atoms with E-state index in [0.29, 0.717) is 17.1 Å². The van der Waals surface area contributed by atoms with Crippen LogP contribution in [-0.4, -0.2) is 6.54 Å². The van der Waals surface area contributed by atoms with Crippen molar-refractivity contribution in [2.24, 2.45) is 5.73 Å². The Hall–Kier alpha value is -1.06. The van der Waals surface area contributed by atoms with Crippen molar-refractivity contribution in [2.45, 2.75) is 6.42 Å². The first-order valence-corrected chi connectivity index (χ1v) is 4.64. The summed E-state index contributed by atoms with van der Waals surface area (Å²) in [5.41, 5.74) is 11.3. The average molecular weight is 215 g/mol. The quantitative estimate of drug-likeness (QED) is 0.760. The molecule has 0 saturated carbocycles. The summed E-state index contributed by atoms with van der Waals surface area (Å²) in [6.45, 7) is 0.561. The van der Waals surface area contributed by atoms with Crippen LogP contribution in [0.5, 0.6) is 0 Å². The maximum atomic E-state index is 13.0. The van der Waals surface area contributed by atoms with Crippen molar-refractivity contribution in [3.63, 3.8) is 0 Å². The van der Waals surface area contributed by atoms with Crippen molar-refractivity contribution < 1.29 is 4.39 Å². The SMILES string of the molecule is NCCC=Cc1cc(F)c(N)cc1Cl. The Morgan fingerprint density at radius 1 is 1.43 bits per heavy atom. The van der Waals surface area contributed by atoms with Crippen LogP contribution < -0.4 is 11.5 Å². The molecule has 0 spiro atoms. The van der Waals surface area contributed by atoms with Crippen LogP contribution in [0.15, 0.2) is 18.2 Å². The van der Waals surface area contributed by atoms with Crippen molar-refractivity contribution in [1.82, 2.24) is 0 Å². The van der Waals surface area contributed by atoms with E-state index in [4.69, 9.17) is 23.1 Å². The summed E-state index contributed by atoms with van der Waals surface area (Å²) in [5, 5.41) is 0.442. The van der Waals surface area contributed by atoms with Gasteiger partial charge in [-0.3, -0.25) is 0 Å². The highest BCUT2D eigenvalue weighted by molar-refractivity contribution is 6.32. The van der Waals surface area contributed by atoms with Crippen LogP contribution in [0.1, 0.15) is 12.0 Å². The molecule has 4 heteroatoms. The van der Waals surface area contributed by atoms with Crippen LogP contribution in [0.25, 0.3) is 6.08 Å². The topological polar surface area (TPSA) is 52.0 Å². The molecule has 4 N–H and O–H groups in total. The fourth-order valence-corrected chi connectivity index (χ4v) is 1.25. The molecule has 0 atom stereocenters. The molecule has 0 aliphatic rings. The van der Waals surface area contributed by atoms with Gasteiger partial charge in [-0.15, -0.1) is 0 Å². The van der Waals surface area contributed by atoms with E-state index in [1.54, 1.807) is 6.08 Å². The molecule has 0 aliphatic heterocycles. The van der Waals surface area contributed by atoms with Crippen molar-refractivity contribution >= 4 is 23.4 Å². The Kier molecular flexibility index (Phi) is 3.92. The van der Waals surface area contributed by atoms with Gasteiger partial charge in [0.25, 0.3) is 0 Å². The summed E-state index contributed by atoms with van der Waals surface area (Å²) < 4.78 is 13.0. The predicted octanol–water partition coefficient (Wildman–Crippen LogP) is 2.42. The van der Waals surface area contributed by atoms with Crippen molar-refractivity contribution in [2.75, 3.05) is 12.3 Å². The van der Waals surface area contributed by atoms with E-state index in [1.165, 1.54) is 12.1 Å². The van der Waals surface area contributed by atoms with Crippen LogP contribution in [0.4, 0.5) is 10.1 Å². The molecule has 2 nitrogen and oxygen atoms in total. The molecule has 0 bridgehead atoms. The second kappa shape index (κ2) is 4.98. The Morgan fingerprint density at radius 3 is 2.79 bits per heavy atom. The van der Waals surface area contributed by atoms with E-state index in [2.05, 4.69) is 0 Å². The normalized spacial score (nSPS) is 11.1. The number of hydrogen-bond donors (Lipinski definition) is 2. The third kappa shape index (κ3) is 2.72. The zero-order valence-electron chi connectivity index (χ0n) is 7.63. The molecule has 0 amide bonds. The number of nitrogen functional groups attached to an aromatic ring is 1. The number of hydrogen-bond acceptors (Lipinski definition) is 2. The number of nitrogens with two attached hydrogens (primary N) is 2. The smallest absolute Gasteiger partial charge is 0.146 e. The lowest BCUT2D eigenvalue weighted by Gasteiger charge is -2.01. The summed E-state index contributed by atoms with van der Waals surface area (Å²) in [6, 6.07) is 2.71. The molecule has 14 heavy (non-hydrogen) atoms. The van der Waals surface area contributed by atoms with E-state index in [9.17, 15) is 4.39 Å². The Labute approximate surface area is 87.4 Å². The molecule has 0 aromatic heterocycles. The van der Waals surface area contributed by atoms with Gasteiger partial charge in [0.15, 0.2) is 0 Å². The summed E-state index contributed by atoms with van der Waals surface area (Å²) in [6.07, 6.45) is 4.32. The molecule has 0 fully saturated rings. The second-order valence-corrected chi connectivity index (χ2v) is 3.28. The average Bonchev–Trinajstić information content (AvgIpc) is 2.14. The highest BCUT2D eigenvalue weighted by Gasteiger charge is 2.03. The minimum Gasteiger partial charge on any atom is -0.396 e. The van der Waals surface area contributed by atoms with E-state index in [-0.39, 0.29) is 5.69 Å². The minimum atomic E-state index is -0.457. The monoisotopic (exact) mass is 214 g/mol. The largest absolute Gasteiger partial charge is 0.396 e. The van der Waals surface area contributed by atoms with Gasteiger partial charge in [-0.2, -0.15) is 0 Å². The molecule has 0 heterocycles. The maximum Gasteiger partial charge on any atom is 0.146 e. The summed E-state index contributed by atoms with van der Waals surface area (Å²) >= 11 is 5.85. The van der Waals surface area contributed by atoms with E-state index in [1.807, 2.05) is 6.08 Å². The molecule has 1 aromatic carbocycles. The fraction of sp³-hybridized carbons (Fsp3) is 0.200. The number of anilines is 1. The zero-order valence-corrected chi connectivity index (χ0v) is 8.39. The fourth-order valence-electron chi connectivity index (χ4n) is 1.01. The van der Waals surface area contributed by atoms with Crippen molar-refractivity contribution in [1.29, 1.82) is 0 Å². The van der Waals surface area contributed by atoms with Gasteiger partial charge in [0.1, 0.15) is 5.82 Å². The molecule has 0 radical (unpaired) electrons. The molecular weight excluding hydrogens is 203 g/mol. The zero-order chi connectivity index (χ0) is 10.6. The number of benzene rings is 1. The van der Waals surface area contributed by atoms with E-state index >= 15 is 0 Å². The van der Waals surface area contributed by atoms with Gasteiger partial charge in [-0.05, 0) is 30.7 Å². The molecule has 0 saturated heterocycles. The first kappa shape index (κ1) is 11.0. The van der Waals surface area contributed by atoms with Crippen LogP contribution in [0.3, 0.4) is 0 Å². The lowest BCUT2D eigenvalue weighted by molar-refractivity contribution is 0.632. The van der Waals surface area contributed by atoms with Gasteiger partial charge in [-0.25, -0.2) is 4.39 Å². The van der Waals surface area contributed by atoms with Gasteiger partial charge >= 0.3 is 0 Å². The van der Waals surface area contributed by atoms with Crippen LogP contribution in [0.2, 0.25) is 5.02 Å². The van der Waals surface area contributed by atoms with Gasteiger partial charge < -0.3 is 11.5 Å².